The van der Waals surface area contributed by atoms with Gasteiger partial charge in [0.2, 0.25) is 0 Å². The molecule has 0 saturated heterocycles. The van der Waals surface area contributed by atoms with Crippen molar-refractivity contribution in [1.82, 2.24) is 0 Å². The van der Waals surface area contributed by atoms with Gasteiger partial charge in [0.05, 0.1) is 4.34 Å². The lowest BCUT2D eigenvalue weighted by Gasteiger charge is -2.03. The van der Waals surface area contributed by atoms with Crippen molar-refractivity contribution in [2.75, 3.05) is 0 Å². The van der Waals surface area contributed by atoms with Gasteiger partial charge in [-0.1, -0.05) is 11.6 Å². The maximum absolute atomic E-state index is 5.68. The molecule has 1 atom stereocenters. The van der Waals surface area contributed by atoms with E-state index in [0.717, 1.165) is 9.21 Å². The van der Waals surface area contributed by atoms with Crippen LogP contribution in [0.3, 0.4) is 0 Å². The van der Waals surface area contributed by atoms with Crippen LogP contribution >= 0.6 is 22.9 Å². The van der Waals surface area contributed by atoms with E-state index in [2.05, 4.69) is 4.84 Å². The van der Waals surface area contributed by atoms with Crippen molar-refractivity contribution in [3.63, 3.8) is 0 Å². The summed E-state index contributed by atoms with van der Waals surface area (Å²) in [6.07, 6.45) is -0.0579. The van der Waals surface area contributed by atoms with E-state index in [1.54, 1.807) is 0 Å². The molecule has 1 unspecified atom stereocenters. The molecular formula is C6H8ClNOS. The van der Waals surface area contributed by atoms with Crippen LogP contribution in [0.1, 0.15) is 17.9 Å². The highest BCUT2D eigenvalue weighted by Crippen LogP contribution is 2.27. The van der Waals surface area contributed by atoms with Crippen LogP contribution in [0.5, 0.6) is 0 Å². The van der Waals surface area contributed by atoms with Gasteiger partial charge in [-0.25, -0.2) is 5.90 Å². The minimum absolute atomic E-state index is 0.0579. The molecule has 0 spiro atoms. The third-order valence-corrected chi connectivity index (χ3v) is 2.59. The quantitative estimate of drug-likeness (QED) is 0.704. The molecule has 1 heterocycles. The summed E-state index contributed by atoms with van der Waals surface area (Å²) in [6, 6.07) is 3.74. The SMILES string of the molecule is CC(ON)c1ccc(Cl)s1. The van der Waals surface area contributed by atoms with Crippen molar-refractivity contribution in [3.05, 3.63) is 21.3 Å². The second kappa shape index (κ2) is 3.34. The zero-order chi connectivity index (χ0) is 7.56. The van der Waals surface area contributed by atoms with E-state index in [9.17, 15) is 0 Å². The van der Waals surface area contributed by atoms with Gasteiger partial charge in [0.25, 0.3) is 0 Å². The second-order valence-corrected chi connectivity index (χ2v) is 3.67. The monoisotopic (exact) mass is 177 g/mol. The molecule has 2 nitrogen and oxygen atoms in total. The Morgan fingerprint density at radius 2 is 2.40 bits per heavy atom. The highest BCUT2D eigenvalue weighted by atomic mass is 35.5. The number of rotatable bonds is 2. The number of thiophene rings is 1. The maximum Gasteiger partial charge on any atom is 0.110 e. The average Bonchev–Trinajstić information content (AvgIpc) is 2.34. The van der Waals surface area contributed by atoms with E-state index in [1.165, 1.54) is 11.3 Å². The van der Waals surface area contributed by atoms with Crippen LogP contribution in [-0.4, -0.2) is 0 Å². The molecule has 0 aromatic carbocycles. The molecule has 0 radical (unpaired) electrons. The van der Waals surface area contributed by atoms with E-state index in [1.807, 2.05) is 19.1 Å². The minimum atomic E-state index is -0.0579. The molecule has 0 aliphatic carbocycles. The second-order valence-electron chi connectivity index (χ2n) is 1.92. The normalized spacial score (nSPS) is 13.5. The van der Waals surface area contributed by atoms with E-state index < -0.39 is 0 Å². The van der Waals surface area contributed by atoms with Crippen molar-refractivity contribution in [2.24, 2.45) is 5.90 Å². The van der Waals surface area contributed by atoms with E-state index in [4.69, 9.17) is 17.5 Å². The van der Waals surface area contributed by atoms with Crippen molar-refractivity contribution in [3.8, 4) is 0 Å². The summed E-state index contributed by atoms with van der Waals surface area (Å²) < 4.78 is 0.763. The highest BCUT2D eigenvalue weighted by molar-refractivity contribution is 7.16. The Kier molecular flexibility index (Phi) is 2.68. The number of nitrogens with two attached hydrogens (primary N) is 1. The van der Waals surface area contributed by atoms with Crippen LogP contribution in [0.15, 0.2) is 12.1 Å². The summed E-state index contributed by atoms with van der Waals surface area (Å²) in [5, 5.41) is 0. The molecule has 1 rings (SSSR count). The molecule has 0 fully saturated rings. The Morgan fingerprint density at radius 1 is 1.70 bits per heavy atom. The summed E-state index contributed by atoms with van der Waals surface area (Å²) in [7, 11) is 0. The van der Waals surface area contributed by atoms with E-state index >= 15 is 0 Å². The first-order chi connectivity index (χ1) is 4.74. The lowest BCUT2D eigenvalue weighted by atomic mass is 10.3. The molecular weight excluding hydrogens is 170 g/mol. The van der Waals surface area contributed by atoms with Crippen LogP contribution in [0.2, 0.25) is 4.34 Å². The van der Waals surface area contributed by atoms with Gasteiger partial charge in [0, 0.05) is 4.88 Å². The number of hydrogen-bond acceptors (Lipinski definition) is 3. The van der Waals surface area contributed by atoms with Gasteiger partial charge in [-0.05, 0) is 19.1 Å². The van der Waals surface area contributed by atoms with Gasteiger partial charge in [0.15, 0.2) is 0 Å². The largest absolute Gasteiger partial charge is 0.296 e. The van der Waals surface area contributed by atoms with Gasteiger partial charge >= 0.3 is 0 Å². The summed E-state index contributed by atoms with van der Waals surface area (Å²) >= 11 is 7.16. The van der Waals surface area contributed by atoms with Gasteiger partial charge < -0.3 is 0 Å². The van der Waals surface area contributed by atoms with Crippen molar-refractivity contribution in [1.29, 1.82) is 0 Å². The van der Waals surface area contributed by atoms with Crippen LogP contribution < -0.4 is 5.90 Å². The number of hydrogen-bond donors (Lipinski definition) is 1. The van der Waals surface area contributed by atoms with Crippen molar-refractivity contribution >= 4 is 22.9 Å². The Morgan fingerprint density at radius 3 is 2.80 bits per heavy atom. The molecule has 0 saturated carbocycles. The topological polar surface area (TPSA) is 35.2 Å². The number of halogens is 1. The fourth-order valence-electron chi connectivity index (χ4n) is 0.614. The van der Waals surface area contributed by atoms with Gasteiger partial charge in [-0.3, -0.25) is 4.84 Å². The Bertz CT molecular complexity index is 213. The molecule has 0 amide bonds. The van der Waals surface area contributed by atoms with Crippen molar-refractivity contribution < 1.29 is 4.84 Å². The summed E-state index contributed by atoms with van der Waals surface area (Å²) in [6.45, 7) is 1.88. The lowest BCUT2D eigenvalue weighted by molar-refractivity contribution is 0.0689. The van der Waals surface area contributed by atoms with Gasteiger partial charge in [-0.2, -0.15) is 0 Å². The maximum atomic E-state index is 5.68. The Balaban J connectivity index is 2.74. The lowest BCUT2D eigenvalue weighted by Crippen LogP contribution is -2.03. The molecule has 2 N–H and O–H groups in total. The zero-order valence-corrected chi connectivity index (χ0v) is 7.08. The Hall–Kier alpha value is -0.0900. The first-order valence-electron chi connectivity index (χ1n) is 2.85. The zero-order valence-electron chi connectivity index (χ0n) is 5.50. The standard InChI is InChI=1S/C6H8ClNOS/c1-4(9-8)5-2-3-6(7)10-5/h2-4H,8H2,1H3. The third kappa shape index (κ3) is 1.70. The molecule has 4 heteroatoms. The van der Waals surface area contributed by atoms with Gasteiger partial charge in [0.1, 0.15) is 6.10 Å². The van der Waals surface area contributed by atoms with Crippen LogP contribution in [-0.2, 0) is 4.84 Å². The van der Waals surface area contributed by atoms with Crippen LogP contribution in [0, 0.1) is 0 Å². The molecule has 1 aromatic heterocycles. The average molecular weight is 178 g/mol. The Labute approximate surface area is 68.5 Å². The first-order valence-corrected chi connectivity index (χ1v) is 4.04. The molecule has 56 valence electrons. The summed E-state index contributed by atoms with van der Waals surface area (Å²) in [4.78, 5) is 5.65. The van der Waals surface area contributed by atoms with E-state index in [0.29, 0.717) is 0 Å². The molecule has 0 aliphatic rings. The fourth-order valence-corrected chi connectivity index (χ4v) is 1.66. The first kappa shape index (κ1) is 8.01. The molecule has 1 aromatic rings. The summed E-state index contributed by atoms with van der Waals surface area (Å²) in [5.41, 5.74) is 0. The molecule has 10 heavy (non-hydrogen) atoms. The van der Waals surface area contributed by atoms with Crippen LogP contribution in [0.25, 0.3) is 0 Å². The molecule has 0 bridgehead atoms. The smallest absolute Gasteiger partial charge is 0.110 e. The van der Waals surface area contributed by atoms with Crippen LogP contribution in [0.4, 0.5) is 0 Å². The van der Waals surface area contributed by atoms with Crippen molar-refractivity contribution in [2.45, 2.75) is 13.0 Å². The predicted octanol–water partition coefficient (Wildman–Crippen LogP) is 2.35. The van der Waals surface area contributed by atoms with E-state index in [-0.39, 0.29) is 6.10 Å². The third-order valence-electron chi connectivity index (χ3n) is 1.20. The molecule has 0 aliphatic heterocycles. The predicted molar refractivity (Wildman–Crippen MR) is 43.0 cm³/mol. The summed E-state index contributed by atoms with van der Waals surface area (Å²) in [5.74, 6) is 4.98. The van der Waals surface area contributed by atoms with Gasteiger partial charge in [-0.15, -0.1) is 11.3 Å². The fraction of sp³-hybridized carbons (Fsp3) is 0.333. The minimum Gasteiger partial charge on any atom is -0.296 e. The highest BCUT2D eigenvalue weighted by Gasteiger charge is 2.05.